The molecule has 0 aliphatic rings. The van der Waals surface area contributed by atoms with Crippen molar-refractivity contribution in [1.82, 2.24) is 0 Å². The molecule has 0 aliphatic heterocycles. The number of benzene rings is 4. The zero-order valence-corrected chi connectivity index (χ0v) is 23.5. The molecule has 0 heterocycles. The lowest BCUT2D eigenvalue weighted by Crippen LogP contribution is -2.11. The van der Waals surface area contributed by atoms with E-state index in [4.69, 9.17) is 0 Å². The van der Waals surface area contributed by atoms with Crippen LogP contribution in [0.2, 0.25) is 0 Å². The molecule has 0 aromatic heterocycles. The predicted octanol–water partition coefficient (Wildman–Crippen LogP) is -2.97. The molecule has 0 saturated carbocycles. The van der Waals surface area contributed by atoms with E-state index in [1.54, 1.807) is 0 Å². The molecule has 0 spiro atoms. The highest BCUT2D eigenvalue weighted by atomic mass is 28.2. The van der Waals surface area contributed by atoms with Gasteiger partial charge >= 0.3 is 0 Å². The van der Waals surface area contributed by atoms with Crippen LogP contribution in [0.5, 0.6) is 11.5 Å². The van der Waals surface area contributed by atoms with E-state index in [9.17, 15) is 10.2 Å². The smallest absolute Gasteiger partial charge is 0.124 e. The van der Waals surface area contributed by atoms with Gasteiger partial charge in [-0.3, -0.25) is 0 Å². The Bertz CT molecular complexity index is 1110. The van der Waals surface area contributed by atoms with E-state index in [0.29, 0.717) is 0 Å². The number of phenols is 2. The van der Waals surface area contributed by atoms with Gasteiger partial charge in [-0.1, -0.05) is 57.1 Å². The second kappa shape index (κ2) is 6.24. The summed E-state index contributed by atoms with van der Waals surface area (Å²) < 4.78 is 0. The van der Waals surface area contributed by atoms with E-state index >= 15 is 0 Å². The summed E-state index contributed by atoms with van der Waals surface area (Å²) >= 11 is 0. The molecule has 0 saturated heterocycles. The Morgan fingerprint density at radius 3 is 1.27 bits per heavy atom. The molecule has 2 nitrogen and oxygen atoms in total. The van der Waals surface area contributed by atoms with Crippen molar-refractivity contribution in [3.05, 3.63) is 48.5 Å². The fourth-order valence-corrected chi connectivity index (χ4v) is 6.20. The molecular weight excluding hydrogens is 385 g/mol. The van der Waals surface area contributed by atoms with Gasteiger partial charge in [0, 0.05) is 52.1 Å². The summed E-state index contributed by atoms with van der Waals surface area (Å²) in [6, 6.07) is 16.7. The molecule has 4 aromatic rings. The topological polar surface area (TPSA) is 40.5 Å². The molecule has 0 amide bonds. The Morgan fingerprint density at radius 1 is 0.500 bits per heavy atom. The minimum absolute atomic E-state index is 0.260. The molecule has 6 heteroatoms. The van der Waals surface area contributed by atoms with Crippen LogP contribution in [-0.2, 0) is 0 Å². The van der Waals surface area contributed by atoms with Crippen LogP contribution >= 0.6 is 0 Å². The SMILES string of the molecule is Oc1cc([SiH3])c2cc([SiH3])ccc2c1-c1c(O)cc([SiH3])c2cc([SiH3])ccc12. The Labute approximate surface area is 164 Å². The van der Waals surface area contributed by atoms with Gasteiger partial charge in [0.2, 0.25) is 0 Å². The summed E-state index contributed by atoms with van der Waals surface area (Å²) in [7, 11) is 3.76. The lowest BCUT2D eigenvalue weighted by Gasteiger charge is -2.17. The first kappa shape index (κ1) is 17.3. The minimum Gasteiger partial charge on any atom is -0.507 e. The first-order chi connectivity index (χ1) is 12.4. The van der Waals surface area contributed by atoms with Crippen molar-refractivity contribution in [3.8, 4) is 22.6 Å². The zero-order valence-electron chi connectivity index (χ0n) is 15.5. The van der Waals surface area contributed by atoms with E-state index in [2.05, 4.69) is 36.4 Å². The van der Waals surface area contributed by atoms with Gasteiger partial charge in [-0.15, -0.1) is 0 Å². The van der Waals surface area contributed by atoms with Crippen LogP contribution in [0.1, 0.15) is 0 Å². The number of aromatic hydroxyl groups is 2. The molecule has 26 heavy (non-hydrogen) atoms. The van der Waals surface area contributed by atoms with E-state index in [-0.39, 0.29) is 11.5 Å². The van der Waals surface area contributed by atoms with E-state index in [1.165, 1.54) is 31.5 Å². The van der Waals surface area contributed by atoms with Gasteiger partial charge in [0.1, 0.15) is 11.5 Å². The van der Waals surface area contributed by atoms with Crippen LogP contribution in [0.4, 0.5) is 0 Å². The second-order valence-corrected chi connectivity index (χ2v) is 11.7. The van der Waals surface area contributed by atoms with Crippen molar-refractivity contribution in [2.45, 2.75) is 0 Å². The van der Waals surface area contributed by atoms with Gasteiger partial charge < -0.3 is 10.2 Å². The highest BCUT2D eigenvalue weighted by Crippen LogP contribution is 2.43. The van der Waals surface area contributed by atoms with Crippen LogP contribution < -0.4 is 20.7 Å². The van der Waals surface area contributed by atoms with Gasteiger partial charge in [-0.25, -0.2) is 0 Å². The molecule has 4 rings (SSSR count). The third-order valence-electron chi connectivity index (χ3n) is 5.21. The second-order valence-electron chi connectivity index (χ2n) is 7.27. The predicted molar refractivity (Wildman–Crippen MR) is 129 cm³/mol. The molecular formula is C20H22O2Si4. The molecule has 2 N–H and O–H groups in total. The molecule has 0 radical (unpaired) electrons. The third kappa shape index (κ3) is 2.66. The molecule has 130 valence electrons. The summed E-state index contributed by atoms with van der Waals surface area (Å²) in [5.74, 6) is 0.521. The van der Waals surface area contributed by atoms with Crippen molar-refractivity contribution in [2.75, 3.05) is 0 Å². The molecule has 0 atom stereocenters. The fraction of sp³-hybridized carbons (Fsp3) is 0. The average Bonchev–Trinajstić information content (AvgIpc) is 2.58. The number of phenolic OH excluding ortho intramolecular Hbond substituents is 2. The lowest BCUT2D eigenvalue weighted by molar-refractivity contribution is 0.471. The lowest BCUT2D eigenvalue weighted by atomic mass is 9.92. The van der Waals surface area contributed by atoms with Crippen molar-refractivity contribution in [1.29, 1.82) is 0 Å². The molecule has 0 bridgehead atoms. The van der Waals surface area contributed by atoms with Crippen LogP contribution in [0.3, 0.4) is 0 Å². The van der Waals surface area contributed by atoms with Gasteiger partial charge in [0.15, 0.2) is 0 Å². The zero-order chi connectivity index (χ0) is 18.6. The van der Waals surface area contributed by atoms with Crippen molar-refractivity contribution in [3.63, 3.8) is 0 Å². The Balaban J connectivity index is 2.21. The summed E-state index contributed by atoms with van der Waals surface area (Å²) in [4.78, 5) is 0. The third-order valence-corrected chi connectivity index (χ3v) is 8.11. The van der Waals surface area contributed by atoms with Crippen molar-refractivity contribution < 1.29 is 10.2 Å². The Kier molecular flexibility index (Phi) is 4.15. The molecule has 0 fully saturated rings. The van der Waals surface area contributed by atoms with E-state index < -0.39 is 0 Å². The van der Waals surface area contributed by atoms with E-state index in [0.717, 1.165) is 62.9 Å². The van der Waals surface area contributed by atoms with Crippen molar-refractivity contribution >= 4 is 83.3 Å². The normalized spacial score (nSPS) is 11.8. The first-order valence-electron chi connectivity index (χ1n) is 8.83. The van der Waals surface area contributed by atoms with Gasteiger partial charge in [-0.05, 0) is 33.7 Å². The maximum atomic E-state index is 10.9. The number of hydrogen-bond acceptors (Lipinski definition) is 2. The highest BCUT2D eigenvalue weighted by molar-refractivity contribution is 6.43. The quantitative estimate of drug-likeness (QED) is 0.332. The summed E-state index contributed by atoms with van der Waals surface area (Å²) in [6.07, 6.45) is 0. The van der Waals surface area contributed by atoms with Crippen LogP contribution in [-0.4, -0.2) is 51.2 Å². The van der Waals surface area contributed by atoms with Gasteiger partial charge in [0.25, 0.3) is 0 Å². The maximum Gasteiger partial charge on any atom is 0.124 e. The van der Waals surface area contributed by atoms with Gasteiger partial charge in [-0.2, -0.15) is 0 Å². The standard InChI is InChI=1S/C20H22O2Si4/c21-15-7-17(25)13-5-9(23)1-3-11(13)19(15)20-12-4-2-10(24)6-14(12)18(26)8-16(20)22/h1-8,21-22H,23-26H3. The average molecular weight is 407 g/mol. The maximum absolute atomic E-state index is 10.9. The van der Waals surface area contributed by atoms with E-state index in [1.807, 2.05) is 12.1 Å². The Hall–Kier alpha value is -2.13. The molecule has 0 unspecified atom stereocenters. The number of rotatable bonds is 1. The Morgan fingerprint density at radius 2 is 0.885 bits per heavy atom. The van der Waals surface area contributed by atoms with Crippen LogP contribution in [0.25, 0.3) is 32.7 Å². The molecule has 4 aromatic carbocycles. The summed E-state index contributed by atoms with van der Waals surface area (Å²) in [5, 5.41) is 31.3. The van der Waals surface area contributed by atoms with Crippen molar-refractivity contribution in [2.24, 2.45) is 0 Å². The first-order valence-corrected chi connectivity index (χ1v) is 12.8. The monoisotopic (exact) mass is 406 g/mol. The van der Waals surface area contributed by atoms with Gasteiger partial charge in [0.05, 0.1) is 0 Å². The minimum atomic E-state index is 0.260. The number of fused-ring (bicyclic) bond motifs is 2. The fourth-order valence-electron chi connectivity index (χ4n) is 3.92. The largest absolute Gasteiger partial charge is 0.507 e. The summed E-state index contributed by atoms with van der Waals surface area (Å²) in [5.41, 5.74) is 1.51. The number of hydrogen-bond donors (Lipinski definition) is 2. The highest BCUT2D eigenvalue weighted by Gasteiger charge is 2.19. The summed E-state index contributed by atoms with van der Waals surface area (Å²) in [6.45, 7) is 0. The molecule has 0 aliphatic carbocycles. The van der Waals surface area contributed by atoms with Crippen LogP contribution in [0, 0.1) is 0 Å². The van der Waals surface area contributed by atoms with Crippen LogP contribution in [0.15, 0.2) is 48.5 Å².